The first-order valence-corrected chi connectivity index (χ1v) is 8.27. The summed E-state index contributed by atoms with van der Waals surface area (Å²) in [6.45, 7) is 7.38. The first-order valence-electron chi connectivity index (χ1n) is 8.27. The minimum absolute atomic E-state index is 0.261. The molecule has 0 bridgehead atoms. The van der Waals surface area contributed by atoms with E-state index in [1.807, 2.05) is 0 Å². The first-order chi connectivity index (χ1) is 10.1. The van der Waals surface area contributed by atoms with Gasteiger partial charge in [-0.05, 0) is 36.9 Å². The summed E-state index contributed by atoms with van der Waals surface area (Å²) in [5, 5.41) is 3.45. The van der Waals surface area contributed by atoms with Crippen LogP contribution in [-0.2, 0) is 6.42 Å². The second-order valence-corrected chi connectivity index (χ2v) is 5.85. The van der Waals surface area contributed by atoms with Crippen molar-refractivity contribution in [1.29, 1.82) is 0 Å². The van der Waals surface area contributed by atoms with E-state index in [0.29, 0.717) is 17.9 Å². The van der Waals surface area contributed by atoms with Crippen LogP contribution in [0.3, 0.4) is 0 Å². The number of nitrogens with one attached hydrogen (secondary N) is 1. The Labute approximate surface area is 128 Å². The van der Waals surface area contributed by atoms with Gasteiger partial charge in [-0.15, -0.1) is 0 Å². The van der Waals surface area contributed by atoms with E-state index < -0.39 is 11.6 Å². The fraction of sp³-hybridized carbons (Fsp3) is 0.667. The van der Waals surface area contributed by atoms with Crippen LogP contribution in [0.15, 0.2) is 18.2 Å². The van der Waals surface area contributed by atoms with Crippen molar-refractivity contribution in [1.82, 2.24) is 5.32 Å². The average molecular weight is 297 g/mol. The highest BCUT2D eigenvalue weighted by Crippen LogP contribution is 2.21. The summed E-state index contributed by atoms with van der Waals surface area (Å²) in [6.07, 6.45) is 6.55. The lowest BCUT2D eigenvalue weighted by Crippen LogP contribution is -2.33. The Balaban J connectivity index is 2.67. The molecule has 0 saturated heterocycles. The van der Waals surface area contributed by atoms with Crippen LogP contribution in [0.1, 0.15) is 58.4 Å². The molecule has 0 spiro atoms. The molecule has 1 N–H and O–H groups in total. The Morgan fingerprint density at radius 3 is 2.48 bits per heavy atom. The molecule has 0 radical (unpaired) electrons. The predicted octanol–water partition coefficient (Wildman–Crippen LogP) is 5.09. The number of hydrogen-bond donors (Lipinski definition) is 1. The van der Waals surface area contributed by atoms with Gasteiger partial charge in [0, 0.05) is 12.1 Å². The molecule has 0 fully saturated rings. The third-order valence-corrected chi connectivity index (χ3v) is 4.14. The molecule has 0 aliphatic rings. The normalized spacial score (nSPS) is 14.1. The highest BCUT2D eigenvalue weighted by Gasteiger charge is 2.16. The highest BCUT2D eigenvalue weighted by molar-refractivity contribution is 5.19. The molecule has 3 heteroatoms. The number of rotatable bonds is 10. The molecule has 2 atom stereocenters. The van der Waals surface area contributed by atoms with Crippen molar-refractivity contribution in [3.8, 4) is 0 Å². The number of unbranched alkanes of at least 4 members (excludes halogenated alkanes) is 1. The van der Waals surface area contributed by atoms with Crippen LogP contribution >= 0.6 is 0 Å². The van der Waals surface area contributed by atoms with E-state index in [-0.39, 0.29) is 6.04 Å². The average Bonchev–Trinajstić information content (AvgIpc) is 2.46. The Morgan fingerprint density at radius 2 is 1.90 bits per heavy atom. The van der Waals surface area contributed by atoms with E-state index in [1.165, 1.54) is 25.3 Å². The smallest absolute Gasteiger partial charge is 0.129 e. The number of likely N-dealkylation sites (N-methyl/N-ethyl adjacent to an activating group) is 1. The Morgan fingerprint density at radius 1 is 1.14 bits per heavy atom. The summed E-state index contributed by atoms with van der Waals surface area (Å²) in [7, 11) is 0. The minimum atomic E-state index is -0.509. The monoisotopic (exact) mass is 297 g/mol. The summed E-state index contributed by atoms with van der Waals surface area (Å²) in [5.41, 5.74) is 0.604. The van der Waals surface area contributed by atoms with Crippen LogP contribution in [0.5, 0.6) is 0 Å². The third-order valence-electron chi connectivity index (χ3n) is 4.14. The maximum atomic E-state index is 13.8. The van der Waals surface area contributed by atoms with Gasteiger partial charge >= 0.3 is 0 Å². The molecule has 0 amide bonds. The summed E-state index contributed by atoms with van der Waals surface area (Å²) in [5.74, 6) is -0.261. The van der Waals surface area contributed by atoms with Crippen LogP contribution in [0.2, 0.25) is 0 Å². The zero-order valence-corrected chi connectivity index (χ0v) is 13.6. The van der Waals surface area contributed by atoms with Crippen molar-refractivity contribution in [2.24, 2.45) is 5.92 Å². The van der Waals surface area contributed by atoms with Crippen molar-refractivity contribution < 1.29 is 8.78 Å². The quantitative estimate of drug-likeness (QED) is 0.634. The van der Waals surface area contributed by atoms with Gasteiger partial charge in [-0.3, -0.25) is 0 Å². The molecule has 21 heavy (non-hydrogen) atoms. The summed E-state index contributed by atoms with van der Waals surface area (Å²) < 4.78 is 26.8. The number of benzene rings is 1. The van der Waals surface area contributed by atoms with E-state index in [1.54, 1.807) is 6.07 Å². The molecular formula is C18H29F2N. The van der Waals surface area contributed by atoms with Gasteiger partial charge < -0.3 is 5.32 Å². The SMILES string of the molecule is CCCCC(CC)CC(Cc1ccc(F)cc1F)NCC. The van der Waals surface area contributed by atoms with Gasteiger partial charge in [0.1, 0.15) is 11.6 Å². The molecule has 0 aromatic heterocycles. The maximum Gasteiger partial charge on any atom is 0.129 e. The van der Waals surface area contributed by atoms with Crippen molar-refractivity contribution in [2.75, 3.05) is 6.54 Å². The van der Waals surface area contributed by atoms with Crippen molar-refractivity contribution in [3.63, 3.8) is 0 Å². The number of halogens is 2. The lowest BCUT2D eigenvalue weighted by molar-refractivity contribution is 0.348. The molecule has 1 nitrogen and oxygen atoms in total. The van der Waals surface area contributed by atoms with E-state index in [4.69, 9.17) is 0 Å². The molecule has 1 aromatic carbocycles. The molecule has 120 valence electrons. The molecule has 2 unspecified atom stereocenters. The molecule has 0 heterocycles. The minimum Gasteiger partial charge on any atom is -0.314 e. The van der Waals surface area contributed by atoms with Gasteiger partial charge in [-0.25, -0.2) is 8.78 Å². The molecular weight excluding hydrogens is 268 g/mol. The molecule has 0 aliphatic heterocycles. The topological polar surface area (TPSA) is 12.0 Å². The lowest BCUT2D eigenvalue weighted by Gasteiger charge is -2.24. The molecule has 1 aromatic rings. The molecule has 1 rings (SSSR count). The summed E-state index contributed by atoms with van der Waals surface area (Å²) in [4.78, 5) is 0. The second kappa shape index (κ2) is 9.88. The van der Waals surface area contributed by atoms with Crippen molar-refractivity contribution >= 4 is 0 Å². The molecule has 0 saturated carbocycles. The van der Waals surface area contributed by atoms with Crippen LogP contribution in [0, 0.1) is 17.6 Å². The standard InChI is InChI=1S/C18H29F2N/c1-4-7-8-14(5-2)11-17(21-6-3)12-15-9-10-16(19)13-18(15)20/h9-10,13-14,17,21H,4-8,11-12H2,1-3H3. The zero-order chi connectivity index (χ0) is 15.7. The van der Waals surface area contributed by atoms with E-state index >= 15 is 0 Å². The van der Waals surface area contributed by atoms with Gasteiger partial charge in [0.15, 0.2) is 0 Å². The van der Waals surface area contributed by atoms with E-state index in [2.05, 4.69) is 26.1 Å². The summed E-state index contributed by atoms with van der Waals surface area (Å²) >= 11 is 0. The Hall–Kier alpha value is -0.960. The van der Waals surface area contributed by atoms with E-state index in [0.717, 1.165) is 25.5 Å². The second-order valence-electron chi connectivity index (χ2n) is 5.85. The number of hydrogen-bond acceptors (Lipinski definition) is 1. The van der Waals surface area contributed by atoms with Crippen LogP contribution in [-0.4, -0.2) is 12.6 Å². The van der Waals surface area contributed by atoms with Crippen LogP contribution < -0.4 is 5.32 Å². The van der Waals surface area contributed by atoms with E-state index in [9.17, 15) is 8.78 Å². The van der Waals surface area contributed by atoms with Crippen molar-refractivity contribution in [2.45, 2.75) is 65.3 Å². The maximum absolute atomic E-state index is 13.8. The van der Waals surface area contributed by atoms with Gasteiger partial charge in [0.05, 0.1) is 0 Å². The fourth-order valence-electron chi connectivity index (χ4n) is 2.86. The van der Waals surface area contributed by atoms with Crippen LogP contribution in [0.4, 0.5) is 8.78 Å². The Bertz CT molecular complexity index is 406. The van der Waals surface area contributed by atoms with Gasteiger partial charge in [-0.2, -0.15) is 0 Å². The fourth-order valence-corrected chi connectivity index (χ4v) is 2.86. The summed E-state index contributed by atoms with van der Waals surface area (Å²) in [6, 6.07) is 4.15. The predicted molar refractivity (Wildman–Crippen MR) is 85.4 cm³/mol. The highest BCUT2D eigenvalue weighted by atomic mass is 19.1. The molecule has 0 aliphatic carbocycles. The van der Waals surface area contributed by atoms with Crippen LogP contribution in [0.25, 0.3) is 0 Å². The van der Waals surface area contributed by atoms with Gasteiger partial charge in [0.2, 0.25) is 0 Å². The van der Waals surface area contributed by atoms with Gasteiger partial charge in [-0.1, -0.05) is 52.5 Å². The van der Waals surface area contributed by atoms with Gasteiger partial charge in [0.25, 0.3) is 0 Å². The third kappa shape index (κ3) is 6.56. The Kier molecular flexibility index (Phi) is 8.51. The zero-order valence-electron chi connectivity index (χ0n) is 13.6. The van der Waals surface area contributed by atoms with Crippen molar-refractivity contribution in [3.05, 3.63) is 35.4 Å². The first kappa shape index (κ1) is 18.1. The largest absolute Gasteiger partial charge is 0.314 e. The lowest BCUT2D eigenvalue weighted by atomic mass is 9.89.